The van der Waals surface area contributed by atoms with E-state index in [4.69, 9.17) is 9.73 Å². The molecule has 0 saturated heterocycles. The summed E-state index contributed by atoms with van der Waals surface area (Å²) in [7, 11) is 0. The zero-order valence-corrected chi connectivity index (χ0v) is 17.3. The molecule has 5 heteroatoms. The van der Waals surface area contributed by atoms with Crippen molar-refractivity contribution in [1.82, 2.24) is 16.0 Å². The van der Waals surface area contributed by atoms with Crippen LogP contribution >= 0.6 is 0 Å². The Balaban J connectivity index is 2.47. The van der Waals surface area contributed by atoms with Gasteiger partial charge in [0.1, 0.15) is 0 Å². The van der Waals surface area contributed by atoms with E-state index < -0.39 is 0 Å². The van der Waals surface area contributed by atoms with Crippen molar-refractivity contribution < 1.29 is 4.74 Å². The Morgan fingerprint density at radius 2 is 1.85 bits per heavy atom. The molecule has 0 saturated carbocycles. The van der Waals surface area contributed by atoms with Gasteiger partial charge < -0.3 is 20.7 Å². The Hall–Kier alpha value is -1.59. The molecule has 0 aliphatic carbocycles. The normalized spacial score (nSPS) is 13.5. The van der Waals surface area contributed by atoms with Gasteiger partial charge in [0.15, 0.2) is 5.96 Å². The molecule has 0 heterocycles. The fraction of sp³-hybridized carbons (Fsp3) is 0.667. The van der Waals surface area contributed by atoms with Crippen LogP contribution in [0.2, 0.25) is 0 Å². The summed E-state index contributed by atoms with van der Waals surface area (Å²) in [6, 6.07) is 10.8. The Morgan fingerprint density at radius 1 is 1.12 bits per heavy atom. The second-order valence-corrected chi connectivity index (χ2v) is 7.19. The van der Waals surface area contributed by atoms with Gasteiger partial charge in [-0.1, -0.05) is 30.3 Å². The van der Waals surface area contributed by atoms with Crippen molar-refractivity contribution in [2.75, 3.05) is 32.8 Å². The fourth-order valence-electron chi connectivity index (χ4n) is 2.76. The van der Waals surface area contributed by atoms with Gasteiger partial charge in [0, 0.05) is 37.9 Å². The minimum atomic E-state index is -0.0907. The summed E-state index contributed by atoms with van der Waals surface area (Å²) in [6.45, 7) is 14.8. The van der Waals surface area contributed by atoms with Crippen molar-refractivity contribution in [2.45, 2.75) is 59.0 Å². The van der Waals surface area contributed by atoms with E-state index in [1.807, 2.05) is 13.0 Å². The van der Waals surface area contributed by atoms with Crippen molar-refractivity contribution in [3.63, 3.8) is 0 Å². The van der Waals surface area contributed by atoms with E-state index >= 15 is 0 Å². The summed E-state index contributed by atoms with van der Waals surface area (Å²) in [5.41, 5.74) is 1.20. The minimum Gasteiger partial charge on any atom is -0.382 e. The van der Waals surface area contributed by atoms with Crippen LogP contribution in [0, 0.1) is 0 Å². The third-order valence-electron chi connectivity index (χ3n) is 4.10. The topological polar surface area (TPSA) is 57.7 Å². The first-order valence-corrected chi connectivity index (χ1v) is 9.91. The Labute approximate surface area is 160 Å². The highest BCUT2D eigenvalue weighted by molar-refractivity contribution is 5.79. The third-order valence-corrected chi connectivity index (χ3v) is 4.10. The van der Waals surface area contributed by atoms with Crippen LogP contribution in [-0.4, -0.2) is 44.3 Å². The van der Waals surface area contributed by atoms with Crippen LogP contribution in [0.15, 0.2) is 35.3 Å². The zero-order valence-electron chi connectivity index (χ0n) is 17.3. The number of hydrogen-bond donors (Lipinski definition) is 3. The van der Waals surface area contributed by atoms with Gasteiger partial charge in [-0.2, -0.15) is 0 Å². The second-order valence-electron chi connectivity index (χ2n) is 7.19. The highest BCUT2D eigenvalue weighted by Crippen LogP contribution is 2.16. The van der Waals surface area contributed by atoms with E-state index in [-0.39, 0.29) is 11.6 Å². The maximum absolute atomic E-state index is 5.37. The van der Waals surface area contributed by atoms with E-state index in [1.54, 1.807) is 0 Å². The van der Waals surface area contributed by atoms with Crippen LogP contribution in [-0.2, 0) is 4.74 Å². The number of ether oxygens (including phenoxy) is 1. The quantitative estimate of drug-likeness (QED) is 0.303. The van der Waals surface area contributed by atoms with Crippen molar-refractivity contribution in [3.05, 3.63) is 35.9 Å². The molecule has 3 N–H and O–H groups in total. The van der Waals surface area contributed by atoms with Crippen LogP contribution in [0.3, 0.4) is 0 Å². The van der Waals surface area contributed by atoms with Crippen LogP contribution < -0.4 is 16.0 Å². The summed E-state index contributed by atoms with van der Waals surface area (Å²) in [4.78, 5) is 4.77. The van der Waals surface area contributed by atoms with E-state index in [0.29, 0.717) is 6.54 Å². The Morgan fingerprint density at radius 3 is 2.50 bits per heavy atom. The summed E-state index contributed by atoms with van der Waals surface area (Å²) in [5, 5.41) is 10.4. The highest BCUT2D eigenvalue weighted by Gasteiger charge is 2.20. The molecule has 0 spiro atoms. The molecule has 1 unspecified atom stereocenters. The monoisotopic (exact) mass is 362 g/mol. The van der Waals surface area contributed by atoms with Crippen LogP contribution in [0.1, 0.15) is 59.1 Å². The Kier molecular flexibility index (Phi) is 11.0. The lowest BCUT2D eigenvalue weighted by molar-refractivity contribution is 0.143. The molecule has 0 amide bonds. The summed E-state index contributed by atoms with van der Waals surface area (Å²) >= 11 is 0. The number of aliphatic imine (C=N–C) groups is 1. The molecule has 0 radical (unpaired) electrons. The van der Waals surface area contributed by atoms with Crippen molar-refractivity contribution >= 4 is 5.96 Å². The van der Waals surface area contributed by atoms with Crippen LogP contribution in [0.4, 0.5) is 0 Å². The van der Waals surface area contributed by atoms with E-state index in [0.717, 1.165) is 45.1 Å². The zero-order chi connectivity index (χ0) is 19.3. The van der Waals surface area contributed by atoms with E-state index in [9.17, 15) is 0 Å². The SMILES string of the molecule is CCNC(=NCC(C)(C)NC(C)c1ccccc1)NCCCCOCC. The number of unbranched alkanes of at least 4 members (excludes halogenated alkanes) is 1. The number of guanidine groups is 1. The molecule has 1 aromatic carbocycles. The molecule has 0 bridgehead atoms. The molecule has 1 rings (SSSR count). The standard InChI is InChI=1S/C21H38N4O/c1-6-22-20(23-15-11-12-16-26-7-2)24-17-21(4,5)25-18(3)19-13-9-8-10-14-19/h8-10,13-14,18,25H,6-7,11-12,15-17H2,1-5H3,(H2,22,23,24). The number of nitrogens with zero attached hydrogens (tertiary/aromatic N) is 1. The first kappa shape index (κ1) is 22.5. The molecular weight excluding hydrogens is 324 g/mol. The molecule has 0 fully saturated rings. The molecule has 1 atom stereocenters. The summed E-state index contributed by atoms with van der Waals surface area (Å²) < 4.78 is 5.37. The molecular formula is C21H38N4O. The number of benzene rings is 1. The summed E-state index contributed by atoms with van der Waals surface area (Å²) in [5.74, 6) is 0.881. The van der Waals surface area contributed by atoms with Gasteiger partial charge in [-0.25, -0.2) is 0 Å². The number of rotatable bonds is 12. The van der Waals surface area contributed by atoms with Crippen molar-refractivity contribution in [1.29, 1.82) is 0 Å². The maximum atomic E-state index is 5.37. The van der Waals surface area contributed by atoms with Crippen molar-refractivity contribution in [3.8, 4) is 0 Å². The molecule has 26 heavy (non-hydrogen) atoms. The van der Waals surface area contributed by atoms with E-state index in [2.05, 4.69) is 67.9 Å². The molecule has 0 aliphatic heterocycles. The van der Waals surface area contributed by atoms with Gasteiger partial charge in [0.25, 0.3) is 0 Å². The van der Waals surface area contributed by atoms with Gasteiger partial charge in [-0.05, 0) is 53.0 Å². The molecule has 0 aromatic heterocycles. The molecule has 148 valence electrons. The lowest BCUT2D eigenvalue weighted by atomic mass is 10.0. The minimum absolute atomic E-state index is 0.0907. The maximum Gasteiger partial charge on any atom is 0.191 e. The van der Waals surface area contributed by atoms with Crippen LogP contribution in [0.5, 0.6) is 0 Å². The number of hydrogen-bond acceptors (Lipinski definition) is 3. The average Bonchev–Trinajstić information content (AvgIpc) is 2.63. The first-order valence-electron chi connectivity index (χ1n) is 9.91. The van der Waals surface area contributed by atoms with E-state index in [1.165, 1.54) is 5.56 Å². The second kappa shape index (κ2) is 12.7. The Bertz CT molecular complexity index is 502. The number of nitrogens with one attached hydrogen (secondary N) is 3. The average molecular weight is 363 g/mol. The van der Waals surface area contributed by atoms with Crippen molar-refractivity contribution in [2.24, 2.45) is 4.99 Å². The first-order chi connectivity index (χ1) is 12.5. The summed E-state index contributed by atoms with van der Waals surface area (Å²) in [6.07, 6.45) is 2.15. The van der Waals surface area contributed by atoms with Gasteiger partial charge in [0.05, 0.1) is 6.54 Å². The largest absolute Gasteiger partial charge is 0.382 e. The molecule has 0 aliphatic rings. The van der Waals surface area contributed by atoms with Gasteiger partial charge in [-0.3, -0.25) is 4.99 Å². The predicted octanol–water partition coefficient (Wildman–Crippen LogP) is 3.49. The lowest BCUT2D eigenvalue weighted by Crippen LogP contribution is -2.45. The molecule has 1 aromatic rings. The third kappa shape index (κ3) is 9.78. The smallest absolute Gasteiger partial charge is 0.191 e. The predicted molar refractivity (Wildman–Crippen MR) is 112 cm³/mol. The fourth-order valence-corrected chi connectivity index (χ4v) is 2.76. The van der Waals surface area contributed by atoms with Gasteiger partial charge in [-0.15, -0.1) is 0 Å². The van der Waals surface area contributed by atoms with Crippen LogP contribution in [0.25, 0.3) is 0 Å². The van der Waals surface area contributed by atoms with Gasteiger partial charge in [0.2, 0.25) is 0 Å². The molecule has 5 nitrogen and oxygen atoms in total. The van der Waals surface area contributed by atoms with Gasteiger partial charge >= 0.3 is 0 Å². The lowest BCUT2D eigenvalue weighted by Gasteiger charge is -2.29. The highest BCUT2D eigenvalue weighted by atomic mass is 16.5.